The van der Waals surface area contributed by atoms with Gasteiger partial charge < -0.3 is 0 Å². The molecule has 0 aromatic heterocycles. The Morgan fingerprint density at radius 3 is 2.44 bits per heavy atom. The Hall–Kier alpha value is -0.630. The van der Waals surface area contributed by atoms with E-state index in [9.17, 15) is 8.78 Å². The van der Waals surface area contributed by atoms with Crippen LogP contribution in [0.5, 0.6) is 0 Å². The first-order valence-electron chi connectivity index (χ1n) is 5.50. The van der Waals surface area contributed by atoms with E-state index in [2.05, 4.69) is 13.8 Å². The van der Waals surface area contributed by atoms with Gasteiger partial charge in [0.1, 0.15) is 0 Å². The Morgan fingerprint density at radius 2 is 1.94 bits per heavy atom. The maximum absolute atomic E-state index is 13.0. The van der Waals surface area contributed by atoms with Gasteiger partial charge in [0.2, 0.25) is 0 Å². The van der Waals surface area contributed by atoms with Crippen molar-refractivity contribution in [3.8, 4) is 0 Å². The van der Waals surface area contributed by atoms with E-state index < -0.39 is 11.6 Å². The first kappa shape index (κ1) is 13.4. The van der Waals surface area contributed by atoms with Crippen LogP contribution in [0.4, 0.5) is 8.78 Å². The Bertz CT molecular complexity index is 352. The zero-order chi connectivity index (χ0) is 12.2. The van der Waals surface area contributed by atoms with Gasteiger partial charge in [-0.05, 0) is 36.0 Å². The van der Waals surface area contributed by atoms with Crippen LogP contribution in [0.3, 0.4) is 0 Å². The van der Waals surface area contributed by atoms with Crippen LogP contribution in [-0.4, -0.2) is 5.88 Å². The fourth-order valence-electron chi connectivity index (χ4n) is 1.95. The zero-order valence-electron chi connectivity index (χ0n) is 9.69. The van der Waals surface area contributed by atoms with Crippen molar-refractivity contribution in [2.75, 3.05) is 5.88 Å². The molecule has 0 radical (unpaired) electrons. The summed E-state index contributed by atoms with van der Waals surface area (Å²) in [5, 5.41) is 0. The lowest BCUT2D eigenvalue weighted by molar-refractivity contribution is 0.334. The van der Waals surface area contributed by atoms with E-state index in [0.717, 1.165) is 18.4 Å². The summed E-state index contributed by atoms with van der Waals surface area (Å²) in [6, 6.07) is 4.06. The van der Waals surface area contributed by atoms with E-state index in [1.54, 1.807) is 6.07 Å². The number of alkyl halides is 1. The van der Waals surface area contributed by atoms with Gasteiger partial charge in [0.25, 0.3) is 0 Å². The molecular formula is C13H17ClF2. The summed E-state index contributed by atoms with van der Waals surface area (Å²) in [4.78, 5) is 0. The van der Waals surface area contributed by atoms with E-state index in [4.69, 9.17) is 11.6 Å². The molecule has 1 rings (SSSR count). The van der Waals surface area contributed by atoms with Gasteiger partial charge in [-0.25, -0.2) is 8.78 Å². The van der Waals surface area contributed by atoms with Crippen molar-refractivity contribution in [1.29, 1.82) is 0 Å². The fraction of sp³-hybridized carbons (Fsp3) is 0.538. The molecular weight excluding hydrogens is 230 g/mol. The van der Waals surface area contributed by atoms with Gasteiger partial charge in [-0.15, -0.1) is 11.6 Å². The second-order valence-electron chi connectivity index (χ2n) is 4.62. The van der Waals surface area contributed by atoms with Gasteiger partial charge in [0.05, 0.1) is 0 Å². The van der Waals surface area contributed by atoms with E-state index in [0.29, 0.717) is 12.3 Å². The molecule has 0 fully saturated rings. The SMILES string of the molecule is CCCC(C)(CCl)Cc1ccc(F)c(F)c1. The predicted octanol–water partition coefficient (Wildman–Crippen LogP) is 4.55. The molecule has 1 aromatic rings. The van der Waals surface area contributed by atoms with Crippen LogP contribution in [0, 0.1) is 17.0 Å². The van der Waals surface area contributed by atoms with Gasteiger partial charge in [-0.3, -0.25) is 0 Å². The fourth-order valence-corrected chi connectivity index (χ4v) is 2.18. The summed E-state index contributed by atoms with van der Waals surface area (Å²) in [5.74, 6) is -1.06. The van der Waals surface area contributed by atoms with Gasteiger partial charge in [0, 0.05) is 5.88 Å². The first-order valence-corrected chi connectivity index (χ1v) is 6.04. The lowest BCUT2D eigenvalue weighted by Gasteiger charge is -2.26. The highest BCUT2D eigenvalue weighted by atomic mass is 35.5. The quantitative estimate of drug-likeness (QED) is 0.669. The Kier molecular flexibility index (Phi) is 4.72. The van der Waals surface area contributed by atoms with Crippen LogP contribution in [0.25, 0.3) is 0 Å². The summed E-state index contributed by atoms with van der Waals surface area (Å²) >= 11 is 5.94. The van der Waals surface area contributed by atoms with Crippen LogP contribution >= 0.6 is 11.6 Å². The van der Waals surface area contributed by atoms with Gasteiger partial charge in [-0.2, -0.15) is 0 Å². The van der Waals surface area contributed by atoms with Crippen molar-refractivity contribution >= 4 is 11.6 Å². The number of hydrogen-bond donors (Lipinski definition) is 0. The molecule has 0 bridgehead atoms. The van der Waals surface area contributed by atoms with Crippen molar-refractivity contribution in [3.63, 3.8) is 0 Å². The molecule has 0 saturated carbocycles. The molecule has 1 atom stereocenters. The molecule has 0 nitrogen and oxygen atoms in total. The molecule has 0 spiro atoms. The van der Waals surface area contributed by atoms with Gasteiger partial charge in [-0.1, -0.05) is 26.3 Å². The molecule has 1 aromatic carbocycles. The number of halogens is 3. The number of hydrogen-bond acceptors (Lipinski definition) is 0. The van der Waals surface area contributed by atoms with E-state index in [1.807, 2.05) is 0 Å². The van der Waals surface area contributed by atoms with Crippen molar-refractivity contribution in [3.05, 3.63) is 35.4 Å². The molecule has 0 amide bonds. The maximum atomic E-state index is 13.0. The van der Waals surface area contributed by atoms with Crippen LogP contribution in [0.15, 0.2) is 18.2 Å². The first-order chi connectivity index (χ1) is 7.50. The minimum Gasteiger partial charge on any atom is -0.204 e. The van der Waals surface area contributed by atoms with E-state index in [1.165, 1.54) is 12.1 Å². The monoisotopic (exact) mass is 246 g/mol. The predicted molar refractivity (Wildman–Crippen MR) is 63.8 cm³/mol. The van der Waals surface area contributed by atoms with Crippen molar-refractivity contribution in [2.45, 2.75) is 33.1 Å². The van der Waals surface area contributed by atoms with Gasteiger partial charge in [0.15, 0.2) is 11.6 Å². The molecule has 3 heteroatoms. The second kappa shape index (κ2) is 5.62. The van der Waals surface area contributed by atoms with E-state index >= 15 is 0 Å². The van der Waals surface area contributed by atoms with Crippen molar-refractivity contribution in [2.24, 2.45) is 5.41 Å². The van der Waals surface area contributed by atoms with Gasteiger partial charge >= 0.3 is 0 Å². The lowest BCUT2D eigenvalue weighted by Crippen LogP contribution is -2.21. The molecule has 0 aliphatic rings. The molecule has 0 N–H and O–H groups in total. The highest BCUT2D eigenvalue weighted by molar-refractivity contribution is 6.18. The third-order valence-electron chi connectivity index (χ3n) is 2.79. The van der Waals surface area contributed by atoms with Crippen LogP contribution in [0.1, 0.15) is 32.3 Å². The molecule has 0 saturated heterocycles. The van der Waals surface area contributed by atoms with Crippen molar-refractivity contribution in [1.82, 2.24) is 0 Å². The van der Waals surface area contributed by atoms with Crippen molar-refractivity contribution < 1.29 is 8.78 Å². The number of rotatable bonds is 5. The highest BCUT2D eigenvalue weighted by Gasteiger charge is 2.23. The molecule has 16 heavy (non-hydrogen) atoms. The Morgan fingerprint density at radius 1 is 1.25 bits per heavy atom. The minimum atomic E-state index is -0.799. The molecule has 0 heterocycles. The molecule has 0 aliphatic carbocycles. The molecule has 1 unspecified atom stereocenters. The standard InChI is InChI=1S/C13H17ClF2/c1-3-6-13(2,9-14)8-10-4-5-11(15)12(16)7-10/h4-5,7H,3,6,8-9H2,1-2H3. The summed E-state index contributed by atoms with van der Waals surface area (Å²) in [6.07, 6.45) is 2.70. The molecule has 90 valence electrons. The maximum Gasteiger partial charge on any atom is 0.159 e. The summed E-state index contributed by atoms with van der Waals surface area (Å²) in [7, 11) is 0. The summed E-state index contributed by atoms with van der Waals surface area (Å²) in [5.41, 5.74) is 0.760. The normalized spacial score (nSPS) is 14.8. The second-order valence-corrected chi connectivity index (χ2v) is 4.89. The summed E-state index contributed by atoms with van der Waals surface area (Å²) < 4.78 is 25.8. The average molecular weight is 247 g/mol. The Balaban J connectivity index is 2.81. The number of benzene rings is 1. The topological polar surface area (TPSA) is 0 Å². The zero-order valence-corrected chi connectivity index (χ0v) is 10.5. The summed E-state index contributed by atoms with van der Waals surface area (Å²) in [6.45, 7) is 4.17. The average Bonchev–Trinajstić information content (AvgIpc) is 2.24. The van der Waals surface area contributed by atoms with Crippen LogP contribution < -0.4 is 0 Å². The third kappa shape index (κ3) is 3.44. The highest BCUT2D eigenvalue weighted by Crippen LogP contribution is 2.30. The van der Waals surface area contributed by atoms with Crippen LogP contribution in [0.2, 0.25) is 0 Å². The third-order valence-corrected chi connectivity index (χ3v) is 3.44. The van der Waals surface area contributed by atoms with Crippen LogP contribution in [-0.2, 0) is 6.42 Å². The molecule has 0 aliphatic heterocycles. The largest absolute Gasteiger partial charge is 0.204 e. The lowest BCUT2D eigenvalue weighted by atomic mass is 9.81. The minimum absolute atomic E-state index is 0.0411. The smallest absolute Gasteiger partial charge is 0.159 e. The van der Waals surface area contributed by atoms with E-state index in [-0.39, 0.29) is 5.41 Å². The Labute approximate surface area is 101 Å².